The molecular weight excluding hydrogens is 302 g/mol. The van der Waals surface area contributed by atoms with Gasteiger partial charge in [0.05, 0.1) is 0 Å². The van der Waals surface area contributed by atoms with E-state index in [1.165, 1.54) is 0 Å². The van der Waals surface area contributed by atoms with Crippen molar-refractivity contribution in [2.45, 2.75) is 6.54 Å². The van der Waals surface area contributed by atoms with E-state index in [4.69, 9.17) is 28.6 Å². The molecule has 0 saturated heterocycles. The molecule has 0 aromatic heterocycles. The van der Waals surface area contributed by atoms with E-state index >= 15 is 0 Å². The Bertz CT molecular complexity index is 625. The fraction of sp³-hybridized carbons (Fsp3) is 0.118. The van der Waals surface area contributed by atoms with E-state index in [0.717, 1.165) is 21.9 Å². The normalized spacial score (nSPS) is 9.95. The first kappa shape index (κ1) is 15.5. The molecule has 0 heterocycles. The first-order chi connectivity index (χ1) is 10.2. The highest BCUT2D eigenvalue weighted by Gasteiger charge is 2.03. The Kier molecular flexibility index (Phi) is 5.78. The Morgan fingerprint density at radius 2 is 1.90 bits per heavy atom. The van der Waals surface area contributed by atoms with Crippen LogP contribution in [0.1, 0.15) is 11.1 Å². The molecule has 4 heteroatoms. The molecule has 0 radical (unpaired) electrons. The summed E-state index contributed by atoms with van der Waals surface area (Å²) in [5.41, 5.74) is 1.97. The van der Waals surface area contributed by atoms with Crippen LogP contribution in [0.3, 0.4) is 0 Å². The van der Waals surface area contributed by atoms with Gasteiger partial charge in [0.2, 0.25) is 0 Å². The van der Waals surface area contributed by atoms with Crippen molar-refractivity contribution < 1.29 is 4.74 Å². The molecule has 2 aromatic carbocycles. The number of hydrogen-bond donors (Lipinski definition) is 1. The monoisotopic (exact) mass is 317 g/mol. The van der Waals surface area contributed by atoms with Gasteiger partial charge < -0.3 is 10.1 Å². The van der Waals surface area contributed by atoms with Crippen LogP contribution in [0, 0.1) is 0 Å². The van der Waals surface area contributed by atoms with Crippen molar-refractivity contribution >= 4 is 28.8 Å². The molecule has 2 rings (SSSR count). The van der Waals surface area contributed by atoms with Crippen LogP contribution in [-0.2, 0) is 6.54 Å². The summed E-state index contributed by atoms with van der Waals surface area (Å²) < 4.78 is 5.44. The molecule has 0 unspecified atom stereocenters. The van der Waals surface area contributed by atoms with Gasteiger partial charge in [-0.1, -0.05) is 54.7 Å². The molecule has 0 spiro atoms. The van der Waals surface area contributed by atoms with Crippen LogP contribution in [0.5, 0.6) is 5.75 Å². The van der Waals surface area contributed by atoms with Crippen LogP contribution in [0.15, 0.2) is 61.2 Å². The van der Waals surface area contributed by atoms with E-state index in [-0.39, 0.29) is 0 Å². The van der Waals surface area contributed by atoms with Crippen LogP contribution in [-0.4, -0.2) is 11.6 Å². The third-order valence-electron chi connectivity index (χ3n) is 2.88. The van der Waals surface area contributed by atoms with Crippen molar-refractivity contribution in [3.8, 4) is 5.75 Å². The summed E-state index contributed by atoms with van der Waals surface area (Å²) in [4.78, 5) is 0.685. The summed E-state index contributed by atoms with van der Waals surface area (Å²) >= 11 is 11.5. The molecule has 21 heavy (non-hydrogen) atoms. The van der Waals surface area contributed by atoms with E-state index in [0.29, 0.717) is 18.1 Å². The third-order valence-corrected chi connectivity index (χ3v) is 3.63. The second-order valence-corrected chi connectivity index (χ2v) is 5.21. The summed E-state index contributed by atoms with van der Waals surface area (Å²) in [6, 6.07) is 15.4. The lowest BCUT2D eigenvalue weighted by Gasteiger charge is -2.10. The maximum atomic E-state index is 6.12. The van der Waals surface area contributed by atoms with Gasteiger partial charge in [-0.15, -0.1) is 0 Å². The first-order valence-corrected chi connectivity index (χ1v) is 7.34. The standard InChI is InChI=1S/C17H16ClNOS/c1-2-11-20-15-9-7-13(8-10-15)17(21)19-12-14-5-3-4-6-16(14)18/h2-10H,1,11-12H2,(H,19,21). The molecule has 0 aliphatic carbocycles. The largest absolute Gasteiger partial charge is 0.490 e. The number of benzene rings is 2. The van der Waals surface area contributed by atoms with Crippen LogP contribution in [0.25, 0.3) is 0 Å². The Balaban J connectivity index is 1.94. The van der Waals surface area contributed by atoms with Crippen molar-refractivity contribution in [3.63, 3.8) is 0 Å². The highest BCUT2D eigenvalue weighted by molar-refractivity contribution is 7.80. The first-order valence-electron chi connectivity index (χ1n) is 6.56. The molecule has 0 bridgehead atoms. The Morgan fingerprint density at radius 1 is 1.19 bits per heavy atom. The predicted octanol–water partition coefficient (Wildman–Crippen LogP) is 4.37. The molecule has 0 amide bonds. The highest BCUT2D eigenvalue weighted by atomic mass is 35.5. The van der Waals surface area contributed by atoms with Gasteiger partial charge in [-0.3, -0.25) is 0 Å². The van der Waals surface area contributed by atoms with E-state index < -0.39 is 0 Å². The van der Waals surface area contributed by atoms with Crippen LogP contribution < -0.4 is 10.1 Å². The summed E-state index contributed by atoms with van der Waals surface area (Å²) in [6.45, 7) is 4.71. The minimum atomic E-state index is 0.495. The van der Waals surface area contributed by atoms with Gasteiger partial charge in [0, 0.05) is 17.1 Å². The number of halogens is 1. The average Bonchev–Trinajstić information content (AvgIpc) is 2.52. The van der Waals surface area contributed by atoms with E-state index in [2.05, 4.69) is 11.9 Å². The molecule has 108 valence electrons. The zero-order valence-electron chi connectivity index (χ0n) is 11.5. The molecule has 1 N–H and O–H groups in total. The topological polar surface area (TPSA) is 21.3 Å². The molecule has 0 aliphatic rings. The van der Waals surface area contributed by atoms with Crippen molar-refractivity contribution in [2.24, 2.45) is 0 Å². The number of nitrogens with one attached hydrogen (secondary N) is 1. The molecule has 0 aliphatic heterocycles. The van der Waals surface area contributed by atoms with Gasteiger partial charge in [-0.2, -0.15) is 0 Å². The maximum Gasteiger partial charge on any atom is 0.119 e. The number of hydrogen-bond acceptors (Lipinski definition) is 2. The van der Waals surface area contributed by atoms with Crippen molar-refractivity contribution in [2.75, 3.05) is 6.61 Å². The highest BCUT2D eigenvalue weighted by Crippen LogP contribution is 2.15. The number of ether oxygens (including phenoxy) is 1. The van der Waals surface area contributed by atoms with Gasteiger partial charge in [0.1, 0.15) is 17.3 Å². The summed E-state index contributed by atoms with van der Waals surface area (Å²) in [5.74, 6) is 0.799. The van der Waals surface area contributed by atoms with E-state index in [1.807, 2.05) is 48.5 Å². The molecule has 0 saturated carbocycles. The van der Waals surface area contributed by atoms with Crippen molar-refractivity contribution in [1.29, 1.82) is 0 Å². The van der Waals surface area contributed by atoms with Crippen molar-refractivity contribution in [3.05, 3.63) is 77.3 Å². The summed E-state index contributed by atoms with van der Waals surface area (Å²) in [6.07, 6.45) is 1.71. The smallest absolute Gasteiger partial charge is 0.119 e. The fourth-order valence-corrected chi connectivity index (χ4v) is 2.19. The molecule has 0 fully saturated rings. The maximum absolute atomic E-state index is 6.12. The van der Waals surface area contributed by atoms with Gasteiger partial charge >= 0.3 is 0 Å². The van der Waals surface area contributed by atoms with E-state index in [1.54, 1.807) is 6.08 Å². The van der Waals surface area contributed by atoms with Gasteiger partial charge in [0.15, 0.2) is 0 Å². The van der Waals surface area contributed by atoms with Crippen molar-refractivity contribution in [1.82, 2.24) is 5.32 Å². The summed E-state index contributed by atoms with van der Waals surface area (Å²) in [5, 5.41) is 3.95. The summed E-state index contributed by atoms with van der Waals surface area (Å²) in [7, 11) is 0. The second-order valence-electron chi connectivity index (χ2n) is 4.40. The molecule has 2 aromatic rings. The molecule has 0 atom stereocenters. The lowest BCUT2D eigenvalue weighted by atomic mass is 10.2. The Hall–Kier alpha value is -1.84. The fourth-order valence-electron chi connectivity index (χ4n) is 1.78. The molecular formula is C17H16ClNOS. The van der Waals surface area contributed by atoms with E-state index in [9.17, 15) is 0 Å². The van der Waals surface area contributed by atoms with Gasteiger partial charge in [-0.05, 0) is 35.9 Å². The molecule has 2 nitrogen and oxygen atoms in total. The zero-order valence-corrected chi connectivity index (χ0v) is 13.1. The Morgan fingerprint density at radius 3 is 2.57 bits per heavy atom. The minimum Gasteiger partial charge on any atom is -0.490 e. The zero-order chi connectivity index (χ0) is 15.1. The lowest BCUT2D eigenvalue weighted by Crippen LogP contribution is -2.21. The van der Waals surface area contributed by atoms with Gasteiger partial charge in [0.25, 0.3) is 0 Å². The SMILES string of the molecule is C=CCOc1ccc(C(=S)NCc2ccccc2Cl)cc1. The van der Waals surface area contributed by atoms with Gasteiger partial charge in [-0.25, -0.2) is 0 Å². The van der Waals surface area contributed by atoms with Crippen LogP contribution >= 0.6 is 23.8 Å². The lowest BCUT2D eigenvalue weighted by molar-refractivity contribution is 0.363. The average molecular weight is 318 g/mol. The number of rotatable bonds is 6. The van der Waals surface area contributed by atoms with Crippen LogP contribution in [0.2, 0.25) is 5.02 Å². The quantitative estimate of drug-likeness (QED) is 0.631. The minimum absolute atomic E-state index is 0.495. The Labute approximate surface area is 135 Å². The van der Waals surface area contributed by atoms with Crippen LogP contribution in [0.4, 0.5) is 0 Å². The third kappa shape index (κ3) is 4.59. The second kappa shape index (κ2) is 7.81. The predicted molar refractivity (Wildman–Crippen MR) is 92.1 cm³/mol. The number of thiocarbonyl (C=S) groups is 1.